The topological polar surface area (TPSA) is 67.4 Å². The molecular weight excluding hydrogens is 364 g/mol. The van der Waals surface area contributed by atoms with Crippen LogP contribution in [-0.2, 0) is 16.2 Å². The van der Waals surface area contributed by atoms with Gasteiger partial charge in [0.15, 0.2) is 0 Å². The minimum atomic E-state index is -0.799. The SMILES string of the molecule is O=C(Nc1ccc(OCc2ccccc2)cc1)C(=O)Nc1ccccc1Cl. The molecule has 3 aromatic carbocycles. The summed E-state index contributed by atoms with van der Waals surface area (Å²) in [5, 5.41) is 5.37. The molecule has 0 bridgehead atoms. The Morgan fingerprint density at radius 1 is 0.778 bits per heavy atom. The highest BCUT2D eigenvalue weighted by Gasteiger charge is 2.15. The van der Waals surface area contributed by atoms with Gasteiger partial charge in [0.2, 0.25) is 0 Å². The fraction of sp³-hybridized carbons (Fsp3) is 0.0476. The molecule has 0 fully saturated rings. The maximum atomic E-state index is 12.0. The molecule has 6 heteroatoms. The van der Waals surface area contributed by atoms with E-state index in [-0.39, 0.29) is 0 Å². The Hall–Kier alpha value is -3.31. The number of nitrogens with one attached hydrogen (secondary N) is 2. The van der Waals surface area contributed by atoms with Crippen molar-refractivity contribution in [3.8, 4) is 5.75 Å². The van der Waals surface area contributed by atoms with Crippen LogP contribution < -0.4 is 15.4 Å². The van der Waals surface area contributed by atoms with E-state index in [0.29, 0.717) is 28.8 Å². The molecule has 0 spiro atoms. The zero-order chi connectivity index (χ0) is 19.1. The van der Waals surface area contributed by atoms with Gasteiger partial charge in [-0.05, 0) is 42.0 Å². The van der Waals surface area contributed by atoms with Crippen LogP contribution in [0.2, 0.25) is 5.02 Å². The first-order valence-electron chi connectivity index (χ1n) is 8.25. The fourth-order valence-electron chi connectivity index (χ4n) is 2.30. The van der Waals surface area contributed by atoms with Crippen molar-refractivity contribution in [2.24, 2.45) is 0 Å². The number of carbonyl (C=O) groups excluding carboxylic acids is 2. The van der Waals surface area contributed by atoms with Crippen LogP contribution in [0.25, 0.3) is 0 Å². The fourth-order valence-corrected chi connectivity index (χ4v) is 2.49. The van der Waals surface area contributed by atoms with Gasteiger partial charge in [0.25, 0.3) is 0 Å². The van der Waals surface area contributed by atoms with Crippen LogP contribution in [0.5, 0.6) is 5.75 Å². The average molecular weight is 381 g/mol. The molecule has 136 valence electrons. The number of amides is 2. The summed E-state index contributed by atoms with van der Waals surface area (Å²) in [6, 6.07) is 23.3. The first-order valence-corrected chi connectivity index (χ1v) is 8.63. The molecule has 0 aliphatic heterocycles. The van der Waals surface area contributed by atoms with Gasteiger partial charge in [-0.3, -0.25) is 9.59 Å². The Morgan fingerprint density at radius 3 is 2.11 bits per heavy atom. The van der Waals surface area contributed by atoms with Crippen LogP contribution >= 0.6 is 11.6 Å². The van der Waals surface area contributed by atoms with Crippen molar-refractivity contribution < 1.29 is 14.3 Å². The van der Waals surface area contributed by atoms with Gasteiger partial charge in [-0.1, -0.05) is 54.1 Å². The van der Waals surface area contributed by atoms with Gasteiger partial charge in [-0.25, -0.2) is 0 Å². The Balaban J connectivity index is 1.53. The van der Waals surface area contributed by atoms with E-state index in [1.165, 1.54) is 0 Å². The largest absolute Gasteiger partial charge is 0.489 e. The van der Waals surface area contributed by atoms with Gasteiger partial charge < -0.3 is 15.4 Å². The third-order valence-electron chi connectivity index (χ3n) is 3.69. The van der Waals surface area contributed by atoms with Crippen molar-refractivity contribution in [3.05, 3.63) is 89.4 Å². The van der Waals surface area contributed by atoms with Crippen LogP contribution in [0.4, 0.5) is 11.4 Å². The number of benzene rings is 3. The summed E-state index contributed by atoms with van der Waals surface area (Å²) in [6.07, 6.45) is 0. The first-order chi connectivity index (χ1) is 13.1. The molecule has 3 rings (SSSR count). The molecule has 5 nitrogen and oxygen atoms in total. The molecule has 0 unspecified atom stereocenters. The number of carbonyl (C=O) groups is 2. The summed E-state index contributed by atoms with van der Waals surface area (Å²) in [4.78, 5) is 24.0. The smallest absolute Gasteiger partial charge is 0.314 e. The lowest BCUT2D eigenvalue weighted by atomic mass is 10.2. The number of rotatable bonds is 5. The molecule has 2 amide bonds. The second kappa shape index (κ2) is 8.87. The minimum absolute atomic E-state index is 0.360. The lowest BCUT2D eigenvalue weighted by Crippen LogP contribution is -2.29. The van der Waals surface area contributed by atoms with E-state index in [9.17, 15) is 9.59 Å². The van der Waals surface area contributed by atoms with E-state index < -0.39 is 11.8 Å². The predicted molar refractivity (Wildman–Crippen MR) is 106 cm³/mol. The van der Waals surface area contributed by atoms with Gasteiger partial charge >= 0.3 is 11.8 Å². The van der Waals surface area contributed by atoms with Gasteiger partial charge in [0, 0.05) is 5.69 Å². The zero-order valence-electron chi connectivity index (χ0n) is 14.3. The number of hydrogen-bond acceptors (Lipinski definition) is 3. The Morgan fingerprint density at radius 2 is 1.41 bits per heavy atom. The normalized spacial score (nSPS) is 10.1. The summed E-state index contributed by atoms with van der Waals surface area (Å²) < 4.78 is 5.69. The summed E-state index contributed by atoms with van der Waals surface area (Å²) >= 11 is 5.96. The zero-order valence-corrected chi connectivity index (χ0v) is 15.1. The van der Waals surface area contributed by atoms with Crippen molar-refractivity contribution in [2.45, 2.75) is 6.61 Å². The number of para-hydroxylation sites is 1. The Kier molecular flexibility index (Phi) is 6.07. The van der Waals surface area contributed by atoms with Crippen LogP contribution in [0, 0.1) is 0 Å². The maximum Gasteiger partial charge on any atom is 0.314 e. The van der Waals surface area contributed by atoms with Gasteiger partial charge in [-0.15, -0.1) is 0 Å². The van der Waals surface area contributed by atoms with E-state index in [2.05, 4.69) is 10.6 Å². The lowest BCUT2D eigenvalue weighted by Gasteiger charge is -2.09. The van der Waals surface area contributed by atoms with Gasteiger partial charge in [-0.2, -0.15) is 0 Å². The highest BCUT2D eigenvalue weighted by atomic mass is 35.5. The monoisotopic (exact) mass is 380 g/mol. The lowest BCUT2D eigenvalue weighted by molar-refractivity contribution is -0.132. The second-order valence-electron chi connectivity index (χ2n) is 5.69. The van der Waals surface area contributed by atoms with Crippen molar-refractivity contribution in [2.75, 3.05) is 10.6 Å². The highest BCUT2D eigenvalue weighted by molar-refractivity contribution is 6.44. The van der Waals surface area contributed by atoms with E-state index in [1.54, 1.807) is 48.5 Å². The van der Waals surface area contributed by atoms with Crippen LogP contribution in [0.1, 0.15) is 5.56 Å². The van der Waals surface area contributed by atoms with Gasteiger partial charge in [0.05, 0.1) is 10.7 Å². The van der Waals surface area contributed by atoms with Crippen molar-refractivity contribution in [1.29, 1.82) is 0 Å². The molecule has 0 saturated heterocycles. The molecule has 3 aromatic rings. The van der Waals surface area contributed by atoms with E-state index in [0.717, 1.165) is 5.56 Å². The van der Waals surface area contributed by atoms with Crippen molar-refractivity contribution >= 4 is 34.8 Å². The molecule has 0 aliphatic carbocycles. The van der Waals surface area contributed by atoms with Crippen molar-refractivity contribution in [1.82, 2.24) is 0 Å². The Labute approximate surface area is 161 Å². The molecule has 0 atom stereocenters. The van der Waals surface area contributed by atoms with Crippen molar-refractivity contribution in [3.63, 3.8) is 0 Å². The second-order valence-corrected chi connectivity index (χ2v) is 6.09. The third kappa shape index (κ3) is 5.33. The maximum absolute atomic E-state index is 12.0. The molecule has 0 aromatic heterocycles. The minimum Gasteiger partial charge on any atom is -0.489 e. The molecule has 0 aliphatic rings. The third-order valence-corrected chi connectivity index (χ3v) is 4.02. The van der Waals surface area contributed by atoms with E-state index in [1.807, 2.05) is 30.3 Å². The van der Waals surface area contributed by atoms with E-state index in [4.69, 9.17) is 16.3 Å². The van der Waals surface area contributed by atoms with Crippen LogP contribution in [-0.4, -0.2) is 11.8 Å². The molecule has 2 N–H and O–H groups in total. The van der Waals surface area contributed by atoms with Gasteiger partial charge in [0.1, 0.15) is 12.4 Å². The summed E-state index contributed by atoms with van der Waals surface area (Å²) in [6.45, 7) is 0.451. The first kappa shape index (κ1) is 18.5. The molecule has 27 heavy (non-hydrogen) atoms. The van der Waals surface area contributed by atoms with E-state index >= 15 is 0 Å². The summed E-state index contributed by atoms with van der Waals surface area (Å²) in [5.74, 6) is -0.919. The standard InChI is InChI=1S/C21H17ClN2O3/c22-18-8-4-5-9-19(18)24-21(26)20(25)23-16-10-12-17(13-11-16)27-14-15-6-2-1-3-7-15/h1-13H,14H2,(H,23,25)(H,24,26). The molecule has 0 heterocycles. The van der Waals surface area contributed by atoms with Crippen LogP contribution in [0.3, 0.4) is 0 Å². The summed E-state index contributed by atoms with van der Waals surface area (Å²) in [7, 11) is 0. The highest BCUT2D eigenvalue weighted by Crippen LogP contribution is 2.21. The summed E-state index contributed by atoms with van der Waals surface area (Å²) in [5.41, 5.74) is 1.93. The molecule has 0 saturated carbocycles. The molecular formula is C21H17ClN2O3. The van der Waals surface area contributed by atoms with Crippen LogP contribution in [0.15, 0.2) is 78.9 Å². The number of anilines is 2. The number of ether oxygens (including phenoxy) is 1. The number of halogens is 1. The molecule has 0 radical (unpaired) electrons. The number of hydrogen-bond donors (Lipinski definition) is 2. The quantitative estimate of drug-likeness (QED) is 0.640. The Bertz CT molecular complexity index is 928. The predicted octanol–water partition coefficient (Wildman–Crippen LogP) is 4.50. The average Bonchev–Trinajstić information content (AvgIpc) is 2.70.